The van der Waals surface area contributed by atoms with Gasteiger partial charge in [0.25, 0.3) is 0 Å². The van der Waals surface area contributed by atoms with Crippen LogP contribution in [0.1, 0.15) is 53.4 Å². The minimum atomic E-state index is -1.20. The summed E-state index contributed by atoms with van der Waals surface area (Å²) in [5.41, 5.74) is 4.95. The van der Waals surface area contributed by atoms with E-state index in [0.29, 0.717) is 11.0 Å². The Morgan fingerprint density at radius 3 is 2.00 bits per heavy atom. The van der Waals surface area contributed by atoms with Crippen LogP contribution in [0.25, 0.3) is 0 Å². The molecule has 0 nitrogen and oxygen atoms in total. The van der Waals surface area contributed by atoms with E-state index in [1.54, 1.807) is 16.7 Å². The average Bonchev–Trinajstić information content (AvgIpc) is 2.54. The Labute approximate surface area is 158 Å². The molecule has 0 radical (unpaired) electrons. The second-order valence-electron chi connectivity index (χ2n) is 7.89. The van der Waals surface area contributed by atoms with Crippen molar-refractivity contribution in [3.63, 3.8) is 0 Å². The molecule has 0 aromatic carbocycles. The molecule has 0 N–H and O–H groups in total. The van der Waals surface area contributed by atoms with Crippen molar-refractivity contribution in [1.82, 2.24) is 0 Å². The van der Waals surface area contributed by atoms with Gasteiger partial charge in [-0.3, -0.25) is 0 Å². The van der Waals surface area contributed by atoms with Crippen molar-refractivity contribution in [2.45, 2.75) is 77.6 Å². The van der Waals surface area contributed by atoms with Crippen molar-refractivity contribution in [2.75, 3.05) is 0 Å². The van der Waals surface area contributed by atoms with Crippen LogP contribution in [0.2, 0.25) is 24.2 Å². The fraction of sp³-hybridized carbons (Fsp3) is 0.650. The first-order valence-corrected chi connectivity index (χ1v) is 10.8. The van der Waals surface area contributed by atoms with Crippen LogP contribution in [0, 0.1) is 34.3 Å². The fourth-order valence-electron chi connectivity index (χ4n) is 3.00. The number of hydrogen-bond donors (Lipinski definition) is 0. The van der Waals surface area contributed by atoms with Crippen LogP contribution in [0.4, 0.5) is 0 Å². The van der Waals surface area contributed by atoms with Crippen molar-refractivity contribution < 1.29 is 21.7 Å². The maximum atomic E-state index is 3.80. The van der Waals surface area contributed by atoms with Crippen LogP contribution >= 0.6 is 0 Å². The maximum Gasteiger partial charge on any atom is 4.00 e. The van der Waals surface area contributed by atoms with Gasteiger partial charge >= 0.3 is 21.7 Å². The van der Waals surface area contributed by atoms with E-state index in [1.165, 1.54) is 31.7 Å². The molecule has 0 saturated heterocycles. The normalized spacial score (nSPS) is 20.6. The molecule has 0 aliphatic heterocycles. The minimum Gasteiger partial charge on any atom is -0.358 e. The van der Waals surface area contributed by atoms with Gasteiger partial charge in [-0.05, 0) is 5.04 Å². The van der Waals surface area contributed by atoms with Crippen molar-refractivity contribution in [3.05, 3.63) is 45.1 Å². The molecule has 2 heteroatoms. The summed E-state index contributed by atoms with van der Waals surface area (Å²) in [6.07, 6.45) is 9.21. The summed E-state index contributed by atoms with van der Waals surface area (Å²) in [5, 5.41) is 0.491. The number of rotatable bonds is 2. The summed E-state index contributed by atoms with van der Waals surface area (Å²) >= 11 is 0. The van der Waals surface area contributed by atoms with E-state index < -0.39 is 8.07 Å². The SMILES string of the molecule is CC1C(C[Si](C)(C)C(C)(C)C)=[C-]C2=C1CCCC2.[CH3-].[CH3-].[CH3-].[Ti+4]. The van der Waals surface area contributed by atoms with Crippen molar-refractivity contribution in [2.24, 2.45) is 5.92 Å². The topological polar surface area (TPSA) is 0 Å². The summed E-state index contributed by atoms with van der Waals surface area (Å²) in [5.74, 6) is 0.703. The molecular formula is C20H38SiTi. The van der Waals surface area contributed by atoms with E-state index in [-0.39, 0.29) is 44.0 Å². The molecule has 1 unspecified atom stereocenters. The van der Waals surface area contributed by atoms with Crippen LogP contribution in [0.3, 0.4) is 0 Å². The van der Waals surface area contributed by atoms with Crippen molar-refractivity contribution >= 4 is 8.07 Å². The molecule has 0 fully saturated rings. The van der Waals surface area contributed by atoms with Crippen LogP contribution in [0.15, 0.2) is 16.7 Å². The maximum absolute atomic E-state index is 3.80. The van der Waals surface area contributed by atoms with Crippen LogP contribution in [-0.2, 0) is 21.7 Å². The predicted octanol–water partition coefficient (Wildman–Crippen LogP) is 7.09. The molecule has 2 rings (SSSR count). The molecule has 0 spiro atoms. The first-order valence-electron chi connectivity index (χ1n) is 7.57. The summed E-state index contributed by atoms with van der Waals surface area (Å²) in [6, 6.07) is 1.34. The molecule has 0 bridgehead atoms. The third-order valence-corrected chi connectivity index (χ3v) is 10.9. The second kappa shape index (κ2) is 9.65. The monoisotopic (exact) mass is 354 g/mol. The van der Waals surface area contributed by atoms with E-state index in [4.69, 9.17) is 0 Å². The zero-order valence-corrected chi connectivity index (χ0v) is 19.2. The molecule has 0 heterocycles. The fourth-order valence-corrected chi connectivity index (χ4v) is 4.88. The largest absolute Gasteiger partial charge is 4.00 e. The van der Waals surface area contributed by atoms with E-state index in [2.05, 4.69) is 46.9 Å². The van der Waals surface area contributed by atoms with E-state index in [1.807, 2.05) is 0 Å². The Hall–Kier alpha value is 0.411. The zero-order chi connectivity index (χ0) is 13.6. The summed E-state index contributed by atoms with van der Waals surface area (Å²) in [6.45, 7) is 14.8. The van der Waals surface area contributed by atoms with Gasteiger partial charge in [0.2, 0.25) is 0 Å². The summed E-state index contributed by atoms with van der Waals surface area (Å²) in [7, 11) is -1.20. The van der Waals surface area contributed by atoms with Gasteiger partial charge in [0.05, 0.1) is 8.07 Å². The van der Waals surface area contributed by atoms with Gasteiger partial charge in [-0.1, -0.05) is 78.4 Å². The van der Waals surface area contributed by atoms with E-state index >= 15 is 0 Å². The predicted molar refractivity (Wildman–Crippen MR) is 103 cm³/mol. The van der Waals surface area contributed by atoms with E-state index in [9.17, 15) is 0 Å². The van der Waals surface area contributed by atoms with Gasteiger partial charge in [-0.25, -0.2) is 17.2 Å². The molecule has 0 aromatic rings. The van der Waals surface area contributed by atoms with E-state index in [0.717, 1.165) is 0 Å². The zero-order valence-electron chi connectivity index (χ0n) is 16.6. The Balaban J connectivity index is -0.000000902. The smallest absolute Gasteiger partial charge is 0.358 e. The Morgan fingerprint density at radius 2 is 1.55 bits per heavy atom. The third-order valence-electron chi connectivity index (χ3n) is 5.53. The molecule has 22 heavy (non-hydrogen) atoms. The quantitative estimate of drug-likeness (QED) is 0.367. The first-order chi connectivity index (χ1) is 8.22. The molecule has 0 aromatic heterocycles. The molecule has 126 valence electrons. The van der Waals surface area contributed by atoms with Gasteiger partial charge in [-0.2, -0.15) is 5.57 Å². The van der Waals surface area contributed by atoms with Gasteiger partial charge in [0.1, 0.15) is 0 Å². The van der Waals surface area contributed by atoms with Crippen LogP contribution in [-0.4, -0.2) is 8.07 Å². The molecule has 0 saturated carbocycles. The number of allylic oxidation sites excluding steroid dienone is 4. The van der Waals surface area contributed by atoms with Crippen molar-refractivity contribution in [1.29, 1.82) is 0 Å². The second-order valence-corrected chi connectivity index (χ2v) is 13.5. The first kappa shape index (κ1) is 27.3. The molecule has 1 atom stereocenters. The molecular weight excluding hydrogens is 316 g/mol. The Bertz CT molecular complexity index is 396. The average molecular weight is 354 g/mol. The summed E-state index contributed by atoms with van der Waals surface area (Å²) in [4.78, 5) is 0. The van der Waals surface area contributed by atoms with Gasteiger partial charge in [-0.15, -0.1) is 0 Å². The third kappa shape index (κ3) is 5.50. The Morgan fingerprint density at radius 1 is 1.05 bits per heavy atom. The van der Waals surface area contributed by atoms with Crippen molar-refractivity contribution in [3.8, 4) is 0 Å². The molecule has 2 aliphatic carbocycles. The molecule has 2 aliphatic rings. The van der Waals surface area contributed by atoms with Crippen LogP contribution < -0.4 is 0 Å². The van der Waals surface area contributed by atoms with Gasteiger partial charge < -0.3 is 22.3 Å². The van der Waals surface area contributed by atoms with Crippen LogP contribution in [0.5, 0.6) is 0 Å². The van der Waals surface area contributed by atoms with Gasteiger partial charge in [0, 0.05) is 0 Å². The van der Waals surface area contributed by atoms with Gasteiger partial charge in [0.15, 0.2) is 0 Å². The Kier molecular flexibility index (Phi) is 12.0. The minimum absolute atomic E-state index is 0. The standard InChI is InChI=1S/C17H29Si.3CH3.Ti/c1-13-15(12-18(5,6)17(2,3)4)11-14-9-7-8-10-16(13)14;;;;/h13H,7-10,12H2,1-6H3;3*1H3;/q4*-1;+4. The molecule has 0 amide bonds. The summed E-state index contributed by atoms with van der Waals surface area (Å²) < 4.78 is 0. The number of hydrogen-bond acceptors (Lipinski definition) is 0.